The Bertz CT molecular complexity index is 152. The van der Waals surface area contributed by atoms with Crippen LogP contribution in [0.1, 0.15) is 27.2 Å². The van der Waals surface area contributed by atoms with Gasteiger partial charge in [-0.05, 0) is 20.3 Å². The monoisotopic (exact) mass is 124 g/mol. The van der Waals surface area contributed by atoms with Gasteiger partial charge >= 0.3 is 0 Å². The van der Waals surface area contributed by atoms with E-state index in [-0.39, 0.29) is 5.78 Å². The number of carbonyl (C=O) groups is 1. The molecule has 0 saturated heterocycles. The lowest BCUT2D eigenvalue weighted by Crippen LogP contribution is -2.21. The van der Waals surface area contributed by atoms with Crippen LogP contribution in [0.5, 0.6) is 0 Å². The molecule has 50 valence electrons. The quantitative estimate of drug-likeness (QED) is 0.511. The highest BCUT2D eigenvalue weighted by molar-refractivity contribution is 5.84. The second kappa shape index (κ2) is 2.68. The first-order valence-electron chi connectivity index (χ1n) is 3.05. The fraction of sp³-hybridized carbons (Fsp3) is 0.625. The third kappa shape index (κ3) is 1.57. The van der Waals surface area contributed by atoms with Crippen molar-refractivity contribution in [1.29, 1.82) is 0 Å². The fourth-order valence-corrected chi connectivity index (χ4v) is 0.453. The molecule has 0 N–H and O–H groups in total. The van der Waals surface area contributed by atoms with Gasteiger partial charge in [0.05, 0.1) is 5.41 Å². The number of carbonyl (C=O) groups excluding carboxylic acids is 1. The first-order valence-corrected chi connectivity index (χ1v) is 3.05. The molecule has 9 heavy (non-hydrogen) atoms. The number of rotatable bonds is 2. The number of hydrogen-bond donors (Lipinski definition) is 0. The molecule has 1 nitrogen and oxygen atoms in total. The molecule has 0 saturated carbocycles. The Balaban J connectivity index is 4.33. The zero-order chi connectivity index (χ0) is 7.49. The minimum Gasteiger partial charge on any atom is -0.298 e. The molecule has 0 aliphatic heterocycles. The summed E-state index contributed by atoms with van der Waals surface area (Å²) in [6.07, 6.45) is 5.87. The zero-order valence-corrected chi connectivity index (χ0v) is 6.19. The van der Waals surface area contributed by atoms with Crippen molar-refractivity contribution < 1.29 is 4.79 Å². The molecule has 1 heteroatoms. The van der Waals surface area contributed by atoms with Crippen LogP contribution in [-0.2, 0) is 4.79 Å². The summed E-state index contributed by atoms with van der Waals surface area (Å²) in [4.78, 5) is 10.8. The molecule has 0 fully saturated rings. The van der Waals surface area contributed by atoms with Crippen LogP contribution >= 0.6 is 0 Å². The second-order valence-corrected chi connectivity index (χ2v) is 2.39. The Labute approximate surface area is 56.5 Å². The normalized spacial score (nSPS) is 15.8. The van der Waals surface area contributed by atoms with Crippen molar-refractivity contribution in [2.24, 2.45) is 5.41 Å². The fourth-order valence-electron chi connectivity index (χ4n) is 0.453. The molecule has 0 radical (unpaired) electrons. The van der Waals surface area contributed by atoms with Gasteiger partial charge in [0.1, 0.15) is 5.78 Å². The topological polar surface area (TPSA) is 17.1 Å². The molecule has 0 bridgehead atoms. The van der Waals surface area contributed by atoms with Crippen LogP contribution in [0.2, 0.25) is 0 Å². The van der Waals surface area contributed by atoms with E-state index >= 15 is 0 Å². The van der Waals surface area contributed by atoms with Crippen molar-refractivity contribution in [3.63, 3.8) is 0 Å². The van der Waals surface area contributed by atoms with Crippen LogP contribution in [0.25, 0.3) is 0 Å². The Morgan fingerprint density at radius 1 is 1.78 bits per heavy atom. The third-order valence-corrected chi connectivity index (χ3v) is 1.80. The van der Waals surface area contributed by atoms with Crippen molar-refractivity contribution in [2.45, 2.75) is 27.2 Å². The molecule has 0 spiro atoms. The van der Waals surface area contributed by atoms with Crippen LogP contribution in [0, 0.1) is 17.8 Å². The van der Waals surface area contributed by atoms with Crippen LogP contribution in [0.4, 0.5) is 0 Å². The first kappa shape index (κ1) is 8.23. The molecule has 0 aromatic heterocycles. The van der Waals surface area contributed by atoms with Gasteiger partial charge in [-0.2, -0.15) is 0 Å². The van der Waals surface area contributed by atoms with Gasteiger partial charge in [0.15, 0.2) is 0 Å². The molecule has 1 unspecified atom stereocenters. The van der Waals surface area contributed by atoms with Crippen molar-refractivity contribution in [1.82, 2.24) is 0 Å². The average molecular weight is 124 g/mol. The molecule has 0 aromatic carbocycles. The average Bonchev–Trinajstić information content (AvgIpc) is 1.86. The molecule has 0 aliphatic carbocycles. The number of ketones is 1. The zero-order valence-electron chi connectivity index (χ0n) is 6.19. The predicted octanol–water partition coefficient (Wildman–Crippen LogP) is 1.62. The lowest BCUT2D eigenvalue weighted by Gasteiger charge is -2.16. The summed E-state index contributed by atoms with van der Waals surface area (Å²) in [5.74, 6) is 2.55. The SMILES string of the molecule is C#CC(C)(CC)C(C)=O. The van der Waals surface area contributed by atoms with E-state index in [1.807, 2.05) is 6.92 Å². The smallest absolute Gasteiger partial charge is 0.147 e. The summed E-state index contributed by atoms with van der Waals surface area (Å²) in [6, 6.07) is 0. The van der Waals surface area contributed by atoms with Gasteiger partial charge in [-0.25, -0.2) is 0 Å². The molecule has 0 aliphatic rings. The summed E-state index contributed by atoms with van der Waals surface area (Å²) < 4.78 is 0. The molecular formula is C8H12O. The van der Waals surface area contributed by atoms with E-state index in [1.165, 1.54) is 6.92 Å². The van der Waals surface area contributed by atoms with E-state index in [2.05, 4.69) is 5.92 Å². The molecule has 1 atom stereocenters. The van der Waals surface area contributed by atoms with Gasteiger partial charge in [-0.3, -0.25) is 4.79 Å². The highest BCUT2D eigenvalue weighted by Gasteiger charge is 2.23. The Kier molecular flexibility index (Phi) is 2.45. The van der Waals surface area contributed by atoms with Crippen LogP contribution in [-0.4, -0.2) is 5.78 Å². The summed E-state index contributed by atoms with van der Waals surface area (Å²) >= 11 is 0. The molecule has 0 aromatic rings. The van der Waals surface area contributed by atoms with E-state index < -0.39 is 5.41 Å². The second-order valence-electron chi connectivity index (χ2n) is 2.39. The van der Waals surface area contributed by atoms with Crippen molar-refractivity contribution in [3.05, 3.63) is 0 Å². The van der Waals surface area contributed by atoms with Gasteiger partial charge in [0.25, 0.3) is 0 Å². The maximum Gasteiger partial charge on any atom is 0.147 e. The summed E-state index contributed by atoms with van der Waals surface area (Å²) in [6.45, 7) is 5.24. The van der Waals surface area contributed by atoms with E-state index in [4.69, 9.17) is 6.42 Å². The molecule has 0 amide bonds. The molecule has 0 heterocycles. The molecule has 0 rings (SSSR count). The standard InChI is InChI=1S/C8H12O/c1-5-8(4,6-2)7(3)9/h1H,6H2,2-4H3. The first-order chi connectivity index (χ1) is 4.06. The maximum atomic E-state index is 10.8. The van der Waals surface area contributed by atoms with Crippen molar-refractivity contribution in [3.8, 4) is 12.3 Å². The lowest BCUT2D eigenvalue weighted by atomic mass is 9.85. The summed E-state index contributed by atoms with van der Waals surface area (Å²) in [5, 5.41) is 0. The minimum atomic E-state index is -0.528. The largest absolute Gasteiger partial charge is 0.298 e. The third-order valence-electron chi connectivity index (χ3n) is 1.80. The van der Waals surface area contributed by atoms with Crippen LogP contribution in [0.15, 0.2) is 0 Å². The summed E-state index contributed by atoms with van der Waals surface area (Å²) in [7, 11) is 0. The van der Waals surface area contributed by atoms with Gasteiger partial charge in [0.2, 0.25) is 0 Å². The minimum absolute atomic E-state index is 0.0764. The van der Waals surface area contributed by atoms with E-state index in [9.17, 15) is 4.79 Å². The van der Waals surface area contributed by atoms with E-state index in [0.29, 0.717) is 0 Å². The number of Topliss-reactive ketones (excluding diaryl/α,β-unsaturated/α-hetero) is 1. The number of terminal acetylenes is 1. The summed E-state index contributed by atoms with van der Waals surface area (Å²) in [5.41, 5.74) is -0.528. The highest BCUT2D eigenvalue weighted by Crippen LogP contribution is 2.19. The lowest BCUT2D eigenvalue weighted by molar-refractivity contribution is -0.123. The maximum absolute atomic E-state index is 10.8. The highest BCUT2D eigenvalue weighted by atomic mass is 16.1. The van der Waals surface area contributed by atoms with Crippen LogP contribution < -0.4 is 0 Å². The Morgan fingerprint density at radius 2 is 2.22 bits per heavy atom. The number of hydrogen-bond acceptors (Lipinski definition) is 1. The van der Waals surface area contributed by atoms with Gasteiger partial charge < -0.3 is 0 Å². The van der Waals surface area contributed by atoms with E-state index in [1.54, 1.807) is 6.92 Å². The Hall–Kier alpha value is -0.770. The van der Waals surface area contributed by atoms with Gasteiger partial charge in [-0.15, -0.1) is 6.42 Å². The molecular weight excluding hydrogens is 112 g/mol. The van der Waals surface area contributed by atoms with Crippen LogP contribution in [0.3, 0.4) is 0 Å². The Morgan fingerprint density at radius 3 is 2.22 bits per heavy atom. The van der Waals surface area contributed by atoms with E-state index in [0.717, 1.165) is 6.42 Å². The van der Waals surface area contributed by atoms with Crippen molar-refractivity contribution >= 4 is 5.78 Å². The van der Waals surface area contributed by atoms with Crippen molar-refractivity contribution in [2.75, 3.05) is 0 Å². The predicted molar refractivity (Wildman–Crippen MR) is 37.9 cm³/mol. The van der Waals surface area contributed by atoms with Gasteiger partial charge in [-0.1, -0.05) is 12.8 Å². The van der Waals surface area contributed by atoms with Gasteiger partial charge in [0, 0.05) is 0 Å².